The van der Waals surface area contributed by atoms with Crippen molar-refractivity contribution in [3.05, 3.63) is 59.9 Å². The Morgan fingerprint density at radius 3 is 2.58 bits per heavy atom. The van der Waals surface area contributed by atoms with Gasteiger partial charge in [0.25, 0.3) is 5.91 Å². The van der Waals surface area contributed by atoms with E-state index in [0.717, 1.165) is 25.3 Å². The molecular formula is C19H21FN2O2. The minimum Gasteiger partial charge on any atom is -0.497 e. The number of amides is 1. The van der Waals surface area contributed by atoms with Crippen LogP contribution in [0.15, 0.2) is 48.5 Å². The molecule has 1 amide bonds. The third kappa shape index (κ3) is 3.85. The molecule has 5 heteroatoms. The Bertz CT molecular complexity index is 686. The minimum absolute atomic E-state index is 0.155. The molecular weight excluding hydrogens is 307 g/mol. The van der Waals surface area contributed by atoms with Crippen LogP contribution >= 0.6 is 0 Å². The maximum atomic E-state index is 12.9. The molecule has 0 bridgehead atoms. The molecule has 1 aliphatic rings. The van der Waals surface area contributed by atoms with Gasteiger partial charge in [0.1, 0.15) is 11.6 Å². The third-order valence-electron chi connectivity index (χ3n) is 4.38. The maximum absolute atomic E-state index is 12.9. The Hall–Kier alpha value is -2.56. The van der Waals surface area contributed by atoms with Gasteiger partial charge in [-0.2, -0.15) is 0 Å². The van der Waals surface area contributed by atoms with Crippen molar-refractivity contribution in [3.63, 3.8) is 0 Å². The lowest BCUT2D eigenvalue weighted by atomic mass is 10.1. The smallest absolute Gasteiger partial charge is 0.251 e. The van der Waals surface area contributed by atoms with Crippen molar-refractivity contribution in [2.24, 2.45) is 5.92 Å². The molecule has 24 heavy (non-hydrogen) atoms. The predicted octanol–water partition coefficient (Wildman–Crippen LogP) is 3.09. The van der Waals surface area contributed by atoms with Crippen molar-refractivity contribution in [1.82, 2.24) is 5.32 Å². The number of carbonyl (C=O) groups is 1. The van der Waals surface area contributed by atoms with Gasteiger partial charge < -0.3 is 15.0 Å². The van der Waals surface area contributed by atoms with Gasteiger partial charge in [-0.25, -0.2) is 4.39 Å². The summed E-state index contributed by atoms with van der Waals surface area (Å²) in [5.74, 6) is 0.771. The van der Waals surface area contributed by atoms with Crippen LogP contribution < -0.4 is 15.0 Å². The van der Waals surface area contributed by atoms with Gasteiger partial charge in [-0.15, -0.1) is 0 Å². The van der Waals surface area contributed by atoms with E-state index in [1.807, 2.05) is 12.1 Å². The summed E-state index contributed by atoms with van der Waals surface area (Å²) in [6.45, 7) is 2.52. The van der Waals surface area contributed by atoms with E-state index in [4.69, 9.17) is 4.74 Å². The second-order valence-electron chi connectivity index (χ2n) is 6.02. The maximum Gasteiger partial charge on any atom is 0.251 e. The summed E-state index contributed by atoms with van der Waals surface area (Å²) < 4.78 is 18.1. The van der Waals surface area contributed by atoms with E-state index >= 15 is 0 Å². The molecule has 2 aromatic rings. The highest BCUT2D eigenvalue weighted by Crippen LogP contribution is 2.25. The van der Waals surface area contributed by atoms with Crippen molar-refractivity contribution in [1.29, 1.82) is 0 Å². The number of hydrogen-bond acceptors (Lipinski definition) is 3. The standard InChI is InChI=1S/C19H21FN2O2/c1-24-18-8-6-17(7-9-18)22-11-10-14(13-22)12-21-19(23)15-2-4-16(20)5-3-15/h2-9,14H,10-13H2,1H3,(H,21,23). The zero-order valence-corrected chi connectivity index (χ0v) is 13.7. The Labute approximate surface area is 141 Å². The quantitative estimate of drug-likeness (QED) is 0.917. The number of nitrogens with zero attached hydrogens (tertiary/aromatic N) is 1. The average molecular weight is 328 g/mol. The van der Waals surface area contributed by atoms with Gasteiger partial charge in [-0.05, 0) is 60.9 Å². The first-order valence-corrected chi connectivity index (χ1v) is 8.08. The number of halogens is 1. The van der Waals surface area contributed by atoms with Crippen LogP contribution in [-0.4, -0.2) is 32.7 Å². The number of benzene rings is 2. The lowest BCUT2D eigenvalue weighted by molar-refractivity contribution is 0.0948. The van der Waals surface area contributed by atoms with Gasteiger partial charge in [0.05, 0.1) is 7.11 Å². The van der Waals surface area contributed by atoms with Crippen LogP contribution in [0.1, 0.15) is 16.8 Å². The minimum atomic E-state index is -0.336. The molecule has 4 nitrogen and oxygen atoms in total. The summed E-state index contributed by atoms with van der Waals surface area (Å²) in [6, 6.07) is 13.6. The van der Waals surface area contributed by atoms with Gasteiger partial charge in [0.15, 0.2) is 0 Å². The number of hydrogen-bond donors (Lipinski definition) is 1. The lowest BCUT2D eigenvalue weighted by Gasteiger charge is -2.19. The highest BCUT2D eigenvalue weighted by atomic mass is 19.1. The monoisotopic (exact) mass is 328 g/mol. The molecule has 1 atom stereocenters. The summed E-state index contributed by atoms with van der Waals surface area (Å²) >= 11 is 0. The molecule has 0 radical (unpaired) electrons. The van der Waals surface area contributed by atoms with E-state index < -0.39 is 0 Å². The van der Waals surface area contributed by atoms with Gasteiger partial charge >= 0.3 is 0 Å². The van der Waals surface area contributed by atoms with Crippen LogP contribution in [0.5, 0.6) is 5.75 Å². The molecule has 1 aliphatic heterocycles. The fourth-order valence-corrected chi connectivity index (χ4v) is 2.97. The molecule has 0 saturated carbocycles. The molecule has 1 N–H and O–H groups in total. The van der Waals surface area contributed by atoms with Crippen LogP contribution in [0.25, 0.3) is 0 Å². The van der Waals surface area contributed by atoms with Crippen LogP contribution in [0.4, 0.5) is 10.1 Å². The molecule has 1 heterocycles. The van der Waals surface area contributed by atoms with Crippen molar-refractivity contribution in [2.75, 3.05) is 31.6 Å². The van der Waals surface area contributed by atoms with Crippen molar-refractivity contribution >= 4 is 11.6 Å². The SMILES string of the molecule is COc1ccc(N2CCC(CNC(=O)c3ccc(F)cc3)C2)cc1. The first-order valence-electron chi connectivity index (χ1n) is 8.08. The summed E-state index contributed by atoms with van der Waals surface area (Å²) in [5, 5.41) is 2.94. The lowest BCUT2D eigenvalue weighted by Crippen LogP contribution is -2.31. The van der Waals surface area contributed by atoms with Gasteiger partial charge in [0.2, 0.25) is 0 Å². The van der Waals surface area contributed by atoms with Crippen LogP contribution in [-0.2, 0) is 0 Å². The fraction of sp³-hybridized carbons (Fsp3) is 0.316. The van der Waals surface area contributed by atoms with Crippen molar-refractivity contribution < 1.29 is 13.9 Å². The highest BCUT2D eigenvalue weighted by Gasteiger charge is 2.23. The fourth-order valence-electron chi connectivity index (χ4n) is 2.97. The van der Waals surface area contributed by atoms with Gasteiger partial charge in [0, 0.05) is 30.9 Å². The molecule has 1 unspecified atom stereocenters. The van der Waals surface area contributed by atoms with E-state index in [9.17, 15) is 9.18 Å². The third-order valence-corrected chi connectivity index (χ3v) is 4.38. The predicted molar refractivity (Wildman–Crippen MR) is 92.0 cm³/mol. The molecule has 0 aromatic heterocycles. The Morgan fingerprint density at radius 1 is 1.21 bits per heavy atom. The van der Waals surface area contributed by atoms with Crippen molar-refractivity contribution in [3.8, 4) is 5.75 Å². The number of rotatable bonds is 5. The van der Waals surface area contributed by atoms with E-state index in [0.29, 0.717) is 18.0 Å². The largest absolute Gasteiger partial charge is 0.497 e. The normalized spacial score (nSPS) is 16.9. The van der Waals surface area contributed by atoms with E-state index in [-0.39, 0.29) is 11.7 Å². The Morgan fingerprint density at radius 2 is 1.92 bits per heavy atom. The van der Waals surface area contributed by atoms with Crippen LogP contribution in [0.3, 0.4) is 0 Å². The van der Waals surface area contributed by atoms with E-state index in [1.165, 1.54) is 30.0 Å². The number of carbonyl (C=O) groups excluding carboxylic acids is 1. The van der Waals surface area contributed by atoms with Gasteiger partial charge in [-0.1, -0.05) is 0 Å². The second kappa shape index (κ2) is 7.34. The molecule has 1 saturated heterocycles. The number of ether oxygens (including phenoxy) is 1. The molecule has 0 spiro atoms. The average Bonchev–Trinajstić information content (AvgIpc) is 3.09. The second-order valence-corrected chi connectivity index (χ2v) is 6.02. The number of nitrogens with one attached hydrogen (secondary N) is 1. The molecule has 1 fully saturated rings. The van der Waals surface area contributed by atoms with Crippen LogP contribution in [0.2, 0.25) is 0 Å². The summed E-state index contributed by atoms with van der Waals surface area (Å²) in [4.78, 5) is 14.4. The zero-order valence-electron chi connectivity index (χ0n) is 13.7. The molecule has 2 aromatic carbocycles. The topological polar surface area (TPSA) is 41.6 Å². The first-order chi connectivity index (χ1) is 11.7. The summed E-state index contributed by atoms with van der Waals surface area (Å²) in [7, 11) is 1.66. The Balaban J connectivity index is 1.50. The van der Waals surface area contributed by atoms with E-state index in [2.05, 4.69) is 22.3 Å². The molecule has 0 aliphatic carbocycles. The zero-order chi connectivity index (χ0) is 16.9. The molecule has 126 valence electrons. The number of anilines is 1. The van der Waals surface area contributed by atoms with Gasteiger partial charge in [-0.3, -0.25) is 4.79 Å². The highest BCUT2D eigenvalue weighted by molar-refractivity contribution is 5.94. The van der Waals surface area contributed by atoms with Crippen LogP contribution in [0, 0.1) is 11.7 Å². The molecule has 3 rings (SSSR count). The van der Waals surface area contributed by atoms with E-state index in [1.54, 1.807) is 7.11 Å². The number of methoxy groups -OCH3 is 1. The summed E-state index contributed by atoms with van der Waals surface area (Å²) in [6.07, 6.45) is 1.04. The first kappa shape index (κ1) is 16.3. The Kier molecular flexibility index (Phi) is 4.99. The summed E-state index contributed by atoms with van der Waals surface area (Å²) in [5.41, 5.74) is 1.66. The van der Waals surface area contributed by atoms with Crippen molar-refractivity contribution in [2.45, 2.75) is 6.42 Å².